The molecule has 1 saturated heterocycles. The average molecular weight is 491 g/mol. The summed E-state index contributed by atoms with van der Waals surface area (Å²) in [4.78, 5) is 17.9. The highest BCUT2D eigenvalue weighted by Gasteiger charge is 2.23. The van der Waals surface area contributed by atoms with Crippen LogP contribution >= 0.6 is 34.5 Å². The molecule has 8 heteroatoms. The van der Waals surface area contributed by atoms with Crippen molar-refractivity contribution < 1.29 is 14.3 Å². The van der Waals surface area contributed by atoms with Crippen molar-refractivity contribution in [2.24, 2.45) is 0 Å². The van der Waals surface area contributed by atoms with Crippen molar-refractivity contribution in [2.45, 2.75) is 13.2 Å². The number of benzene rings is 2. The maximum atomic E-state index is 13.0. The van der Waals surface area contributed by atoms with Gasteiger partial charge in [-0.1, -0.05) is 35.3 Å². The molecule has 1 aliphatic rings. The van der Waals surface area contributed by atoms with Gasteiger partial charge in [0.25, 0.3) is 5.91 Å². The monoisotopic (exact) mass is 490 g/mol. The fourth-order valence-corrected chi connectivity index (χ4v) is 4.91. The van der Waals surface area contributed by atoms with Gasteiger partial charge in [0.1, 0.15) is 18.1 Å². The van der Waals surface area contributed by atoms with Gasteiger partial charge in [-0.2, -0.15) is 0 Å². The van der Waals surface area contributed by atoms with Crippen molar-refractivity contribution in [3.05, 3.63) is 80.0 Å². The van der Waals surface area contributed by atoms with Gasteiger partial charge in [-0.05, 0) is 41.3 Å². The lowest BCUT2D eigenvalue weighted by molar-refractivity contribution is 0.0633. The lowest BCUT2D eigenvalue weighted by atomic mass is 10.2. The summed E-state index contributed by atoms with van der Waals surface area (Å²) in [7, 11) is 1.63. The molecule has 32 heavy (non-hydrogen) atoms. The van der Waals surface area contributed by atoms with Crippen molar-refractivity contribution in [1.82, 2.24) is 9.80 Å². The zero-order valence-electron chi connectivity index (χ0n) is 17.7. The second kappa shape index (κ2) is 10.6. The van der Waals surface area contributed by atoms with Crippen LogP contribution in [0.1, 0.15) is 20.8 Å². The van der Waals surface area contributed by atoms with Crippen LogP contribution in [0.2, 0.25) is 10.0 Å². The Labute approximate surface area is 202 Å². The summed E-state index contributed by atoms with van der Waals surface area (Å²) in [5, 5.41) is 3.29. The normalized spacial score (nSPS) is 14.4. The number of carbonyl (C=O) groups excluding carboxylic acids is 1. The first-order valence-electron chi connectivity index (χ1n) is 10.3. The third kappa shape index (κ3) is 5.75. The predicted molar refractivity (Wildman–Crippen MR) is 129 cm³/mol. The van der Waals surface area contributed by atoms with E-state index < -0.39 is 0 Å². The molecule has 1 aliphatic heterocycles. The van der Waals surface area contributed by atoms with Crippen molar-refractivity contribution in [3.63, 3.8) is 0 Å². The molecule has 1 fully saturated rings. The van der Waals surface area contributed by atoms with Crippen LogP contribution in [0.15, 0.2) is 53.9 Å². The molecular weight excluding hydrogens is 467 g/mol. The van der Waals surface area contributed by atoms with E-state index in [2.05, 4.69) is 4.90 Å². The molecule has 0 atom stereocenters. The average Bonchev–Trinajstić information content (AvgIpc) is 3.29. The first-order chi connectivity index (χ1) is 15.5. The summed E-state index contributed by atoms with van der Waals surface area (Å²) in [6.07, 6.45) is 0. The fourth-order valence-electron chi connectivity index (χ4n) is 3.58. The standard InChI is InChI=1S/C24H24Cl2N2O3S/c1-30-20-3-2-4-21(13-20)31-15-17-11-23(32-16-17)24(29)28-9-7-27(8-10-28)14-18-5-6-19(25)12-22(18)26/h2-6,11-13,16H,7-10,14-15H2,1H3. The van der Waals surface area contributed by atoms with Gasteiger partial charge in [-0.3, -0.25) is 9.69 Å². The SMILES string of the molecule is COc1cccc(OCc2csc(C(=O)N3CCN(Cc4ccc(Cl)cc4Cl)CC3)c2)c1. The second-order valence-electron chi connectivity index (χ2n) is 7.59. The van der Waals surface area contributed by atoms with Gasteiger partial charge in [-0.25, -0.2) is 0 Å². The number of halogens is 2. The number of hydrogen-bond donors (Lipinski definition) is 0. The Morgan fingerprint density at radius 1 is 1.03 bits per heavy atom. The third-order valence-electron chi connectivity index (χ3n) is 5.38. The lowest BCUT2D eigenvalue weighted by Crippen LogP contribution is -2.48. The minimum Gasteiger partial charge on any atom is -0.497 e. The molecule has 168 valence electrons. The fraction of sp³-hybridized carbons (Fsp3) is 0.292. The van der Waals surface area contributed by atoms with Crippen molar-refractivity contribution in [1.29, 1.82) is 0 Å². The number of ether oxygens (including phenoxy) is 2. The number of rotatable bonds is 7. The molecule has 2 aromatic carbocycles. The number of methoxy groups -OCH3 is 1. The molecule has 1 amide bonds. The molecule has 0 bridgehead atoms. The van der Waals surface area contributed by atoms with Gasteiger partial charge in [-0.15, -0.1) is 11.3 Å². The Morgan fingerprint density at radius 3 is 2.56 bits per heavy atom. The molecule has 5 nitrogen and oxygen atoms in total. The van der Waals surface area contributed by atoms with Crippen molar-refractivity contribution in [3.8, 4) is 11.5 Å². The molecule has 3 aromatic rings. The quantitative estimate of drug-likeness (QED) is 0.432. The Bertz CT molecular complexity index is 1080. The minimum atomic E-state index is 0.0757. The Morgan fingerprint density at radius 2 is 1.81 bits per heavy atom. The smallest absolute Gasteiger partial charge is 0.264 e. The molecule has 0 N–H and O–H groups in total. The van der Waals surface area contributed by atoms with Crippen LogP contribution in [-0.4, -0.2) is 49.0 Å². The van der Waals surface area contributed by atoms with E-state index in [0.29, 0.717) is 29.7 Å². The van der Waals surface area contributed by atoms with E-state index in [-0.39, 0.29) is 5.91 Å². The van der Waals surface area contributed by atoms with E-state index in [1.165, 1.54) is 11.3 Å². The second-order valence-corrected chi connectivity index (χ2v) is 9.35. The van der Waals surface area contributed by atoms with Crippen LogP contribution in [-0.2, 0) is 13.2 Å². The van der Waals surface area contributed by atoms with E-state index in [9.17, 15) is 4.79 Å². The molecule has 0 aliphatic carbocycles. The Kier molecular flexibility index (Phi) is 7.58. The van der Waals surface area contributed by atoms with Crippen LogP contribution in [0.25, 0.3) is 0 Å². The molecule has 0 saturated carbocycles. The van der Waals surface area contributed by atoms with Gasteiger partial charge in [0.2, 0.25) is 0 Å². The number of thiophene rings is 1. The third-order valence-corrected chi connectivity index (χ3v) is 6.93. The Balaban J connectivity index is 1.28. The summed E-state index contributed by atoms with van der Waals surface area (Å²) in [5.74, 6) is 1.56. The number of carbonyl (C=O) groups is 1. The van der Waals surface area contributed by atoms with Crippen molar-refractivity contribution in [2.75, 3.05) is 33.3 Å². The molecule has 1 aromatic heterocycles. The van der Waals surface area contributed by atoms with Gasteiger partial charge in [0.05, 0.1) is 12.0 Å². The summed E-state index contributed by atoms with van der Waals surface area (Å²) < 4.78 is 11.1. The minimum absolute atomic E-state index is 0.0757. The van der Waals surface area contributed by atoms with Crippen LogP contribution in [0.3, 0.4) is 0 Å². The lowest BCUT2D eigenvalue weighted by Gasteiger charge is -2.34. The molecule has 0 spiro atoms. The van der Waals surface area contributed by atoms with Crippen LogP contribution in [0.5, 0.6) is 11.5 Å². The molecular formula is C24H24Cl2N2O3S. The summed E-state index contributed by atoms with van der Waals surface area (Å²) in [5.41, 5.74) is 2.03. The number of nitrogens with zero attached hydrogens (tertiary/aromatic N) is 2. The van der Waals surface area contributed by atoms with E-state index in [0.717, 1.165) is 47.1 Å². The van der Waals surface area contributed by atoms with E-state index >= 15 is 0 Å². The highest BCUT2D eigenvalue weighted by Crippen LogP contribution is 2.24. The zero-order valence-corrected chi connectivity index (χ0v) is 20.1. The van der Waals surface area contributed by atoms with E-state index in [4.69, 9.17) is 32.7 Å². The zero-order chi connectivity index (χ0) is 22.5. The van der Waals surface area contributed by atoms with Crippen molar-refractivity contribution >= 4 is 40.4 Å². The van der Waals surface area contributed by atoms with Gasteiger partial charge >= 0.3 is 0 Å². The maximum Gasteiger partial charge on any atom is 0.264 e. The topological polar surface area (TPSA) is 42.0 Å². The number of amides is 1. The van der Waals surface area contributed by atoms with Crippen LogP contribution in [0.4, 0.5) is 0 Å². The molecule has 4 rings (SSSR count). The molecule has 2 heterocycles. The first kappa shape index (κ1) is 22.9. The summed E-state index contributed by atoms with van der Waals surface area (Å²) in [6.45, 7) is 4.16. The molecule has 0 radical (unpaired) electrons. The predicted octanol–water partition coefficient (Wildman–Crippen LogP) is 5.60. The highest BCUT2D eigenvalue weighted by atomic mass is 35.5. The van der Waals surface area contributed by atoms with Crippen LogP contribution in [0, 0.1) is 0 Å². The van der Waals surface area contributed by atoms with Gasteiger partial charge < -0.3 is 14.4 Å². The first-order valence-corrected chi connectivity index (χ1v) is 11.9. The Hall–Kier alpha value is -2.25. The number of hydrogen-bond acceptors (Lipinski definition) is 5. The van der Waals surface area contributed by atoms with E-state index in [1.807, 2.05) is 52.7 Å². The summed E-state index contributed by atoms with van der Waals surface area (Å²) in [6, 6.07) is 15.0. The number of piperazine rings is 1. The maximum absolute atomic E-state index is 13.0. The van der Waals surface area contributed by atoms with Gasteiger partial charge in [0, 0.05) is 54.4 Å². The largest absolute Gasteiger partial charge is 0.497 e. The highest BCUT2D eigenvalue weighted by molar-refractivity contribution is 7.12. The summed E-state index contributed by atoms with van der Waals surface area (Å²) >= 11 is 13.7. The van der Waals surface area contributed by atoms with Crippen LogP contribution < -0.4 is 9.47 Å². The van der Waals surface area contributed by atoms with E-state index in [1.54, 1.807) is 13.2 Å². The van der Waals surface area contributed by atoms with Gasteiger partial charge in [0.15, 0.2) is 0 Å². The molecule has 0 unspecified atom stereocenters.